The fourth-order valence-electron chi connectivity index (χ4n) is 4.68. The molecule has 1 fully saturated rings. The molecular weight excluding hydrogens is 420 g/mol. The van der Waals surface area contributed by atoms with Crippen LogP contribution in [0.25, 0.3) is 27.9 Å². The zero-order valence-corrected chi connectivity index (χ0v) is 19.4. The van der Waals surface area contributed by atoms with Crippen LogP contribution in [0.1, 0.15) is 11.1 Å². The first-order valence-electron chi connectivity index (χ1n) is 11.9. The van der Waals surface area contributed by atoms with Gasteiger partial charge in [-0.1, -0.05) is 30.3 Å². The van der Waals surface area contributed by atoms with E-state index in [-0.39, 0.29) is 0 Å². The summed E-state index contributed by atoms with van der Waals surface area (Å²) >= 11 is 0. The standard InChI is InChI=1S/C29H28N4O/c1-32-12-14-33(15-13-32)26-10-8-25(9-11-26)31-20-24-19-30-18-23-7-6-22(16-27(23)24)29-17-21-4-2-3-5-28(21)34-29/h2-11,16-18,20,31H,12-15,19H2,1H3. The second kappa shape index (κ2) is 8.84. The van der Waals surface area contributed by atoms with Gasteiger partial charge < -0.3 is 19.5 Å². The Morgan fingerprint density at radius 1 is 0.912 bits per heavy atom. The van der Waals surface area contributed by atoms with Gasteiger partial charge in [0, 0.05) is 60.9 Å². The lowest BCUT2D eigenvalue weighted by Gasteiger charge is -2.34. The first-order valence-corrected chi connectivity index (χ1v) is 11.9. The Balaban J connectivity index is 1.23. The van der Waals surface area contributed by atoms with E-state index in [0.29, 0.717) is 6.54 Å². The van der Waals surface area contributed by atoms with Crippen LogP contribution < -0.4 is 10.2 Å². The van der Waals surface area contributed by atoms with Gasteiger partial charge in [-0.3, -0.25) is 4.99 Å². The van der Waals surface area contributed by atoms with E-state index in [4.69, 9.17) is 4.42 Å². The van der Waals surface area contributed by atoms with Crippen LogP contribution in [-0.4, -0.2) is 50.9 Å². The molecule has 5 nitrogen and oxygen atoms in total. The molecule has 3 aromatic carbocycles. The van der Waals surface area contributed by atoms with E-state index in [1.54, 1.807) is 0 Å². The number of hydrogen-bond donors (Lipinski definition) is 1. The second-order valence-corrected chi connectivity index (χ2v) is 9.07. The molecule has 0 atom stereocenters. The Hall–Kier alpha value is -3.83. The quantitative estimate of drug-likeness (QED) is 0.433. The molecule has 5 heteroatoms. The highest BCUT2D eigenvalue weighted by Gasteiger charge is 2.15. The van der Waals surface area contributed by atoms with Gasteiger partial charge in [-0.2, -0.15) is 0 Å². The number of nitrogens with zero attached hydrogens (tertiary/aromatic N) is 3. The zero-order chi connectivity index (χ0) is 22.9. The molecule has 1 saturated heterocycles. The number of piperazine rings is 1. The van der Waals surface area contributed by atoms with Gasteiger partial charge in [0.05, 0.1) is 6.54 Å². The normalized spacial score (nSPS) is 17.3. The predicted octanol–water partition coefficient (Wildman–Crippen LogP) is 5.74. The van der Waals surface area contributed by atoms with Gasteiger partial charge in [-0.25, -0.2) is 0 Å². The maximum absolute atomic E-state index is 6.10. The van der Waals surface area contributed by atoms with Gasteiger partial charge in [0.2, 0.25) is 0 Å². The second-order valence-electron chi connectivity index (χ2n) is 9.07. The number of rotatable bonds is 4. The summed E-state index contributed by atoms with van der Waals surface area (Å²) in [5.74, 6) is 0.887. The molecule has 0 radical (unpaired) electrons. The van der Waals surface area contributed by atoms with Crippen molar-refractivity contribution in [3.05, 3.63) is 90.1 Å². The van der Waals surface area contributed by atoms with E-state index >= 15 is 0 Å². The number of furan rings is 1. The molecule has 0 bridgehead atoms. The number of nitrogens with one attached hydrogen (secondary N) is 1. The molecule has 0 unspecified atom stereocenters. The minimum Gasteiger partial charge on any atom is -0.456 e. The number of hydrogen-bond acceptors (Lipinski definition) is 5. The molecule has 2 aliphatic heterocycles. The molecule has 34 heavy (non-hydrogen) atoms. The molecule has 0 aliphatic carbocycles. The number of likely N-dealkylation sites (N-methyl/N-ethyl adjacent to an activating group) is 1. The van der Waals surface area contributed by atoms with Gasteiger partial charge in [0.1, 0.15) is 11.3 Å². The number of fused-ring (bicyclic) bond motifs is 2. The van der Waals surface area contributed by atoms with Crippen LogP contribution in [0.4, 0.5) is 11.4 Å². The molecular formula is C29H28N4O. The molecule has 4 aromatic rings. The summed E-state index contributed by atoms with van der Waals surface area (Å²) in [5, 5.41) is 4.61. The van der Waals surface area contributed by atoms with Crippen molar-refractivity contribution < 1.29 is 4.42 Å². The summed E-state index contributed by atoms with van der Waals surface area (Å²) in [5.41, 5.74) is 7.84. The molecule has 0 saturated carbocycles. The summed E-state index contributed by atoms with van der Waals surface area (Å²) in [6.45, 7) is 5.04. The third-order valence-corrected chi connectivity index (χ3v) is 6.75. The number of anilines is 2. The van der Waals surface area contributed by atoms with Crippen molar-refractivity contribution in [1.29, 1.82) is 0 Å². The highest BCUT2D eigenvalue weighted by Crippen LogP contribution is 2.32. The number of benzene rings is 3. The van der Waals surface area contributed by atoms with E-state index in [1.165, 1.54) is 16.8 Å². The van der Waals surface area contributed by atoms with Crippen LogP contribution in [-0.2, 0) is 0 Å². The topological polar surface area (TPSA) is 44.0 Å². The van der Waals surface area contributed by atoms with Crippen molar-refractivity contribution in [2.75, 3.05) is 50.0 Å². The fourth-order valence-corrected chi connectivity index (χ4v) is 4.68. The van der Waals surface area contributed by atoms with Gasteiger partial charge in [-0.05, 0) is 66.2 Å². The largest absolute Gasteiger partial charge is 0.456 e. The van der Waals surface area contributed by atoms with Gasteiger partial charge in [0.25, 0.3) is 0 Å². The minimum absolute atomic E-state index is 0.656. The third-order valence-electron chi connectivity index (χ3n) is 6.75. The van der Waals surface area contributed by atoms with E-state index in [9.17, 15) is 0 Å². The highest BCUT2D eigenvalue weighted by molar-refractivity contribution is 5.94. The van der Waals surface area contributed by atoms with Crippen molar-refractivity contribution in [2.45, 2.75) is 0 Å². The van der Waals surface area contributed by atoms with E-state index in [1.807, 2.05) is 24.4 Å². The molecule has 6 rings (SSSR count). The summed E-state index contributed by atoms with van der Waals surface area (Å²) in [6.07, 6.45) is 4.04. The van der Waals surface area contributed by atoms with E-state index in [0.717, 1.165) is 59.7 Å². The maximum atomic E-state index is 6.10. The molecule has 1 N–H and O–H groups in total. The summed E-state index contributed by atoms with van der Waals surface area (Å²) in [4.78, 5) is 9.39. The first-order chi connectivity index (χ1) is 16.7. The fraction of sp³-hybridized carbons (Fsp3) is 0.207. The maximum Gasteiger partial charge on any atom is 0.135 e. The van der Waals surface area contributed by atoms with Crippen LogP contribution >= 0.6 is 0 Å². The SMILES string of the molecule is CN1CCN(c2ccc(NC=C3CN=Cc4ccc(-c5cc6ccccc6o5)cc43)cc2)CC1. The Bertz CT molecular complexity index is 1340. The molecule has 170 valence electrons. The van der Waals surface area contributed by atoms with Crippen LogP contribution in [0.2, 0.25) is 0 Å². The van der Waals surface area contributed by atoms with E-state index < -0.39 is 0 Å². The van der Waals surface area contributed by atoms with Crippen molar-refractivity contribution in [3.8, 4) is 11.3 Å². The monoisotopic (exact) mass is 448 g/mol. The minimum atomic E-state index is 0.656. The van der Waals surface area contributed by atoms with Crippen LogP contribution in [0.15, 0.2) is 88.4 Å². The van der Waals surface area contributed by atoms with Gasteiger partial charge >= 0.3 is 0 Å². The van der Waals surface area contributed by atoms with Gasteiger partial charge in [-0.15, -0.1) is 0 Å². The molecule has 2 aliphatic rings. The molecule has 1 aromatic heterocycles. The summed E-state index contributed by atoms with van der Waals surface area (Å²) < 4.78 is 6.10. The smallest absolute Gasteiger partial charge is 0.135 e. The van der Waals surface area contributed by atoms with Gasteiger partial charge in [0.15, 0.2) is 0 Å². The Labute approximate surface area is 200 Å². The first kappa shape index (κ1) is 20.8. The van der Waals surface area contributed by atoms with Crippen molar-refractivity contribution in [1.82, 2.24) is 4.90 Å². The average molecular weight is 449 g/mol. The Morgan fingerprint density at radius 3 is 2.56 bits per heavy atom. The lowest BCUT2D eigenvalue weighted by atomic mass is 9.95. The summed E-state index contributed by atoms with van der Waals surface area (Å²) in [6, 6.07) is 25.4. The van der Waals surface area contributed by atoms with Crippen LogP contribution in [0.3, 0.4) is 0 Å². The highest BCUT2D eigenvalue weighted by atomic mass is 16.3. The summed E-state index contributed by atoms with van der Waals surface area (Å²) in [7, 11) is 2.19. The van der Waals surface area contributed by atoms with Crippen molar-refractivity contribution >= 4 is 34.1 Å². The Kier molecular flexibility index (Phi) is 5.40. The third kappa shape index (κ3) is 4.11. The van der Waals surface area contributed by atoms with Crippen molar-refractivity contribution in [2.24, 2.45) is 4.99 Å². The van der Waals surface area contributed by atoms with Crippen LogP contribution in [0, 0.1) is 0 Å². The molecule has 0 amide bonds. The molecule has 0 spiro atoms. The lowest BCUT2D eigenvalue weighted by Crippen LogP contribution is -2.44. The van der Waals surface area contributed by atoms with E-state index in [2.05, 4.69) is 88.0 Å². The Morgan fingerprint density at radius 2 is 1.74 bits per heavy atom. The lowest BCUT2D eigenvalue weighted by molar-refractivity contribution is 0.313. The molecule has 3 heterocycles. The predicted molar refractivity (Wildman–Crippen MR) is 142 cm³/mol. The number of aliphatic imine (C=N–C) groups is 1. The zero-order valence-electron chi connectivity index (χ0n) is 19.4. The van der Waals surface area contributed by atoms with Crippen molar-refractivity contribution in [3.63, 3.8) is 0 Å². The van der Waals surface area contributed by atoms with Crippen LogP contribution in [0.5, 0.6) is 0 Å². The average Bonchev–Trinajstić information content (AvgIpc) is 3.32. The number of para-hydroxylation sites is 1.